The van der Waals surface area contributed by atoms with Crippen molar-refractivity contribution in [2.24, 2.45) is 5.41 Å². The summed E-state index contributed by atoms with van der Waals surface area (Å²) in [5, 5.41) is 22.5. The van der Waals surface area contributed by atoms with Gasteiger partial charge in [-0.15, -0.1) is 10.2 Å². The highest BCUT2D eigenvalue weighted by Crippen LogP contribution is 2.35. The number of hydrogen-bond acceptors (Lipinski definition) is 6. The summed E-state index contributed by atoms with van der Waals surface area (Å²) in [5.41, 5.74) is 4.76. The van der Waals surface area contributed by atoms with Crippen LogP contribution in [0, 0.1) is 12.3 Å². The van der Waals surface area contributed by atoms with Crippen LogP contribution in [-0.2, 0) is 0 Å². The SMILES string of the molecule is Cc1cc(C(C)Nc2ccccc2C(=O)O)c2nc(N3CCC(C)(C)C3)n3cnnc3c2c1. The summed E-state index contributed by atoms with van der Waals surface area (Å²) in [6.45, 7) is 10.5. The number of nitrogens with one attached hydrogen (secondary N) is 1. The highest BCUT2D eigenvalue weighted by molar-refractivity contribution is 5.96. The van der Waals surface area contributed by atoms with Crippen LogP contribution < -0.4 is 10.2 Å². The summed E-state index contributed by atoms with van der Waals surface area (Å²) in [4.78, 5) is 19.1. The average molecular weight is 445 g/mol. The first-order chi connectivity index (χ1) is 15.7. The smallest absolute Gasteiger partial charge is 0.337 e. The number of fused-ring (bicyclic) bond motifs is 3. The van der Waals surface area contributed by atoms with Gasteiger partial charge in [-0.05, 0) is 49.4 Å². The topological polar surface area (TPSA) is 95.6 Å². The monoisotopic (exact) mass is 444 g/mol. The third-order valence-electron chi connectivity index (χ3n) is 6.46. The molecule has 5 rings (SSSR count). The lowest BCUT2D eigenvalue weighted by Gasteiger charge is -2.23. The molecule has 8 heteroatoms. The minimum absolute atomic E-state index is 0.173. The summed E-state index contributed by atoms with van der Waals surface area (Å²) in [6, 6.07) is 11.0. The van der Waals surface area contributed by atoms with E-state index in [-0.39, 0.29) is 17.0 Å². The molecule has 2 N–H and O–H groups in total. The Morgan fingerprint density at radius 3 is 2.76 bits per heavy atom. The number of aromatic nitrogens is 4. The van der Waals surface area contributed by atoms with Crippen LogP contribution in [-0.4, -0.2) is 43.7 Å². The van der Waals surface area contributed by atoms with Gasteiger partial charge in [0.2, 0.25) is 5.95 Å². The van der Waals surface area contributed by atoms with Crippen LogP contribution in [0.1, 0.15) is 54.7 Å². The second-order valence-electron chi connectivity index (χ2n) is 9.74. The number of rotatable bonds is 5. The Labute approximate surface area is 192 Å². The molecule has 1 aliphatic heterocycles. The van der Waals surface area contributed by atoms with E-state index in [1.807, 2.05) is 24.3 Å². The second kappa shape index (κ2) is 7.72. The molecule has 2 aromatic heterocycles. The first kappa shape index (κ1) is 21.2. The predicted octanol–water partition coefficient (Wildman–Crippen LogP) is 4.69. The lowest BCUT2D eigenvalue weighted by atomic mass is 9.93. The zero-order valence-electron chi connectivity index (χ0n) is 19.3. The molecule has 1 unspecified atom stereocenters. The van der Waals surface area contributed by atoms with Crippen LogP contribution in [0.3, 0.4) is 0 Å². The number of benzene rings is 2. The van der Waals surface area contributed by atoms with Crippen molar-refractivity contribution in [2.75, 3.05) is 23.3 Å². The number of carboxylic acids is 1. The Morgan fingerprint density at radius 1 is 1.24 bits per heavy atom. The lowest BCUT2D eigenvalue weighted by molar-refractivity contribution is 0.0698. The van der Waals surface area contributed by atoms with E-state index in [0.29, 0.717) is 5.69 Å². The van der Waals surface area contributed by atoms with E-state index in [4.69, 9.17) is 4.98 Å². The molecule has 33 heavy (non-hydrogen) atoms. The normalized spacial score (nSPS) is 16.4. The Kier molecular flexibility index (Phi) is 4.96. The van der Waals surface area contributed by atoms with Crippen molar-refractivity contribution in [1.29, 1.82) is 0 Å². The van der Waals surface area contributed by atoms with Gasteiger partial charge in [0.25, 0.3) is 0 Å². The summed E-state index contributed by atoms with van der Waals surface area (Å²) < 4.78 is 1.98. The molecule has 0 spiro atoms. The van der Waals surface area contributed by atoms with Crippen LogP contribution >= 0.6 is 0 Å². The Morgan fingerprint density at radius 2 is 2.03 bits per heavy atom. The lowest BCUT2D eigenvalue weighted by Crippen LogP contribution is -2.26. The maximum Gasteiger partial charge on any atom is 0.337 e. The van der Waals surface area contributed by atoms with E-state index < -0.39 is 5.97 Å². The number of nitrogens with zero attached hydrogens (tertiary/aromatic N) is 5. The van der Waals surface area contributed by atoms with Gasteiger partial charge < -0.3 is 15.3 Å². The van der Waals surface area contributed by atoms with Crippen molar-refractivity contribution in [3.8, 4) is 0 Å². The van der Waals surface area contributed by atoms with Gasteiger partial charge in [-0.25, -0.2) is 9.78 Å². The highest BCUT2D eigenvalue weighted by Gasteiger charge is 2.32. The van der Waals surface area contributed by atoms with Crippen molar-refractivity contribution in [3.05, 3.63) is 59.4 Å². The summed E-state index contributed by atoms with van der Waals surface area (Å²) in [7, 11) is 0. The number of aromatic carboxylic acids is 1. The largest absolute Gasteiger partial charge is 0.478 e. The zero-order chi connectivity index (χ0) is 23.3. The first-order valence-electron chi connectivity index (χ1n) is 11.2. The quantitative estimate of drug-likeness (QED) is 0.461. The van der Waals surface area contributed by atoms with E-state index in [0.717, 1.165) is 53.1 Å². The molecule has 1 atom stereocenters. The molecule has 2 aromatic carbocycles. The summed E-state index contributed by atoms with van der Waals surface area (Å²) in [5.74, 6) is -0.113. The second-order valence-corrected chi connectivity index (χ2v) is 9.74. The van der Waals surface area contributed by atoms with E-state index in [9.17, 15) is 9.90 Å². The van der Waals surface area contributed by atoms with E-state index in [1.54, 1.807) is 24.5 Å². The summed E-state index contributed by atoms with van der Waals surface area (Å²) >= 11 is 0. The van der Waals surface area contributed by atoms with Gasteiger partial charge in [0.1, 0.15) is 6.33 Å². The van der Waals surface area contributed by atoms with Crippen molar-refractivity contribution in [1.82, 2.24) is 19.6 Å². The van der Waals surface area contributed by atoms with E-state index >= 15 is 0 Å². The summed E-state index contributed by atoms with van der Waals surface area (Å²) in [6.07, 6.45) is 2.83. The van der Waals surface area contributed by atoms with E-state index in [2.05, 4.69) is 46.4 Å². The number of anilines is 2. The molecule has 0 saturated carbocycles. The van der Waals surface area contributed by atoms with E-state index in [1.165, 1.54) is 0 Å². The molecule has 1 saturated heterocycles. The van der Waals surface area contributed by atoms with Gasteiger partial charge in [-0.2, -0.15) is 0 Å². The Balaban J connectivity index is 1.65. The van der Waals surface area contributed by atoms with Crippen molar-refractivity contribution < 1.29 is 9.90 Å². The van der Waals surface area contributed by atoms with Gasteiger partial charge in [-0.1, -0.05) is 32.0 Å². The molecular formula is C25H28N6O2. The third-order valence-corrected chi connectivity index (χ3v) is 6.46. The Hall–Kier alpha value is -3.68. The molecule has 0 bridgehead atoms. The van der Waals surface area contributed by atoms with Crippen molar-refractivity contribution >= 4 is 34.2 Å². The zero-order valence-corrected chi connectivity index (χ0v) is 19.3. The van der Waals surface area contributed by atoms with Crippen LogP contribution in [0.25, 0.3) is 16.6 Å². The van der Waals surface area contributed by atoms with Crippen molar-refractivity contribution in [3.63, 3.8) is 0 Å². The van der Waals surface area contributed by atoms with Crippen molar-refractivity contribution in [2.45, 2.75) is 40.2 Å². The number of carbonyl (C=O) groups is 1. The van der Waals surface area contributed by atoms with Gasteiger partial charge in [0.05, 0.1) is 17.1 Å². The maximum atomic E-state index is 11.7. The minimum atomic E-state index is -0.957. The van der Waals surface area contributed by atoms with Crippen LogP contribution in [0.15, 0.2) is 42.7 Å². The molecular weight excluding hydrogens is 416 g/mol. The average Bonchev–Trinajstić information content (AvgIpc) is 3.39. The van der Waals surface area contributed by atoms with Crippen LogP contribution in [0.5, 0.6) is 0 Å². The third kappa shape index (κ3) is 3.75. The van der Waals surface area contributed by atoms with Gasteiger partial charge in [0.15, 0.2) is 5.65 Å². The van der Waals surface area contributed by atoms with Gasteiger partial charge in [0, 0.05) is 29.7 Å². The number of aryl methyl sites for hydroxylation is 1. The fourth-order valence-electron chi connectivity index (χ4n) is 4.76. The molecule has 1 fully saturated rings. The van der Waals surface area contributed by atoms with Gasteiger partial charge in [-0.3, -0.25) is 4.40 Å². The number of para-hydroxylation sites is 1. The fraction of sp³-hybridized carbons (Fsp3) is 0.360. The van der Waals surface area contributed by atoms with Crippen LogP contribution in [0.2, 0.25) is 0 Å². The molecule has 4 aromatic rings. The molecule has 1 aliphatic rings. The predicted molar refractivity (Wildman–Crippen MR) is 129 cm³/mol. The molecule has 0 aliphatic carbocycles. The standard InChI is InChI=1S/C25H28N6O2/c1-15-11-18(16(2)27-20-8-6-5-7-17(20)23(32)33)21-19(12-15)22-29-26-14-31(22)24(28-21)30-10-9-25(3,4)13-30/h5-8,11-12,14,16,27H,9-10,13H2,1-4H3,(H,32,33). The minimum Gasteiger partial charge on any atom is -0.478 e. The molecule has 170 valence electrons. The fourth-order valence-corrected chi connectivity index (χ4v) is 4.76. The van der Waals surface area contributed by atoms with Crippen LogP contribution in [0.4, 0.5) is 11.6 Å². The molecule has 8 nitrogen and oxygen atoms in total. The molecule has 0 radical (unpaired) electrons. The maximum absolute atomic E-state index is 11.7. The number of carboxylic acid groups (broad SMARTS) is 1. The first-order valence-corrected chi connectivity index (χ1v) is 11.2. The number of hydrogen-bond donors (Lipinski definition) is 2. The molecule has 3 heterocycles. The highest BCUT2D eigenvalue weighted by atomic mass is 16.4. The Bertz CT molecular complexity index is 1380. The molecule has 0 amide bonds. The van der Waals surface area contributed by atoms with Gasteiger partial charge >= 0.3 is 5.97 Å².